The zero-order valence-corrected chi connectivity index (χ0v) is 7.16. The van der Waals surface area contributed by atoms with Gasteiger partial charge in [-0.05, 0) is 13.3 Å². The molecule has 0 aromatic rings. The molecule has 0 aliphatic rings. The van der Waals surface area contributed by atoms with Gasteiger partial charge in [0.25, 0.3) is 0 Å². The number of hydrogen-bond donors (Lipinski definition) is 2. The number of alkyl carbamates (subject to hydrolysis) is 1. The molecule has 0 spiro atoms. The third kappa shape index (κ3) is 3.92. The predicted octanol–water partition coefficient (Wildman–Crippen LogP) is -0.318. The highest BCUT2D eigenvalue weighted by atomic mass is 16.5. The molecule has 1 unspecified atom stereocenters. The predicted molar refractivity (Wildman–Crippen MR) is 41.7 cm³/mol. The molecule has 0 bridgehead atoms. The number of amides is 1. The number of aliphatic hydroxyl groups excluding tert-OH is 1. The van der Waals surface area contributed by atoms with Crippen molar-refractivity contribution in [1.29, 1.82) is 0 Å². The van der Waals surface area contributed by atoms with Crippen molar-refractivity contribution in [1.82, 2.24) is 5.32 Å². The van der Waals surface area contributed by atoms with E-state index in [0.717, 1.165) is 0 Å². The first kappa shape index (κ1) is 10.9. The molecule has 70 valence electrons. The lowest BCUT2D eigenvalue weighted by Crippen LogP contribution is -2.40. The van der Waals surface area contributed by atoms with Gasteiger partial charge in [0.2, 0.25) is 0 Å². The number of ketones is 1. The van der Waals surface area contributed by atoms with Crippen LogP contribution >= 0.6 is 0 Å². The van der Waals surface area contributed by atoms with E-state index in [1.807, 2.05) is 0 Å². The van der Waals surface area contributed by atoms with Crippen LogP contribution < -0.4 is 5.32 Å². The maximum absolute atomic E-state index is 10.8. The zero-order valence-electron chi connectivity index (χ0n) is 7.16. The fourth-order valence-electron chi connectivity index (χ4n) is 0.707. The lowest BCUT2D eigenvalue weighted by atomic mass is 10.1. The highest BCUT2D eigenvalue weighted by Crippen LogP contribution is 1.93. The largest absolute Gasteiger partial charge is 0.453 e. The number of ether oxygens (including phenoxy) is 1. The van der Waals surface area contributed by atoms with Gasteiger partial charge in [0.1, 0.15) is 0 Å². The minimum atomic E-state index is -0.663. The van der Waals surface area contributed by atoms with Crippen molar-refractivity contribution in [3.8, 4) is 0 Å². The Bertz CT molecular complexity index is 167. The van der Waals surface area contributed by atoms with E-state index in [4.69, 9.17) is 5.11 Å². The van der Waals surface area contributed by atoms with Crippen LogP contribution in [0.5, 0.6) is 0 Å². The standard InChI is InChI=1S/C7H13NO4/c1-5(10)6(3-4-9)8-7(11)12-2/h6,9H,3-4H2,1-2H3,(H,8,11). The van der Waals surface area contributed by atoms with E-state index in [0.29, 0.717) is 0 Å². The van der Waals surface area contributed by atoms with Crippen LogP contribution in [-0.2, 0) is 9.53 Å². The van der Waals surface area contributed by atoms with Crippen LogP contribution in [0.25, 0.3) is 0 Å². The molecule has 0 aliphatic heterocycles. The number of hydrogen-bond acceptors (Lipinski definition) is 4. The van der Waals surface area contributed by atoms with Crippen molar-refractivity contribution in [2.45, 2.75) is 19.4 Å². The number of aliphatic hydroxyl groups is 1. The highest BCUT2D eigenvalue weighted by Gasteiger charge is 2.15. The van der Waals surface area contributed by atoms with Crippen LogP contribution in [0, 0.1) is 0 Å². The minimum Gasteiger partial charge on any atom is -0.453 e. The van der Waals surface area contributed by atoms with Gasteiger partial charge in [0.15, 0.2) is 5.78 Å². The summed E-state index contributed by atoms with van der Waals surface area (Å²) in [6.07, 6.45) is -0.451. The Balaban J connectivity index is 3.95. The maximum Gasteiger partial charge on any atom is 0.407 e. The quantitative estimate of drug-likeness (QED) is 0.614. The van der Waals surface area contributed by atoms with E-state index >= 15 is 0 Å². The van der Waals surface area contributed by atoms with E-state index in [1.165, 1.54) is 14.0 Å². The van der Waals surface area contributed by atoms with Gasteiger partial charge < -0.3 is 15.2 Å². The molecule has 0 fully saturated rings. The van der Waals surface area contributed by atoms with Crippen LogP contribution in [0.4, 0.5) is 4.79 Å². The monoisotopic (exact) mass is 175 g/mol. The van der Waals surface area contributed by atoms with E-state index in [-0.39, 0.29) is 18.8 Å². The summed E-state index contributed by atoms with van der Waals surface area (Å²) >= 11 is 0. The summed E-state index contributed by atoms with van der Waals surface area (Å²) in [5, 5.41) is 10.8. The second-order valence-corrected chi connectivity index (χ2v) is 2.31. The summed E-state index contributed by atoms with van der Waals surface area (Å²) in [7, 11) is 1.21. The topological polar surface area (TPSA) is 75.6 Å². The number of Topliss-reactive ketones (excluding diaryl/α,β-unsaturated/α-hetero) is 1. The first-order chi connectivity index (χ1) is 5.61. The molecular weight excluding hydrogens is 162 g/mol. The Morgan fingerprint density at radius 2 is 2.17 bits per heavy atom. The molecular formula is C7H13NO4. The summed E-state index contributed by atoms with van der Waals surface area (Å²) < 4.78 is 4.29. The number of methoxy groups -OCH3 is 1. The summed E-state index contributed by atoms with van der Waals surface area (Å²) in [6, 6.07) is -0.651. The number of carbonyl (C=O) groups excluding carboxylic acids is 2. The van der Waals surface area contributed by atoms with E-state index < -0.39 is 12.1 Å². The third-order valence-corrected chi connectivity index (χ3v) is 1.39. The molecule has 2 N–H and O–H groups in total. The average Bonchev–Trinajstić information content (AvgIpc) is 2.03. The van der Waals surface area contributed by atoms with Gasteiger partial charge >= 0.3 is 6.09 Å². The fourth-order valence-corrected chi connectivity index (χ4v) is 0.707. The summed E-state index contributed by atoms with van der Waals surface area (Å²) in [5.41, 5.74) is 0. The molecule has 0 radical (unpaired) electrons. The Labute approximate surface area is 70.7 Å². The van der Waals surface area contributed by atoms with E-state index in [9.17, 15) is 9.59 Å². The molecule has 0 saturated carbocycles. The fraction of sp³-hybridized carbons (Fsp3) is 0.714. The summed E-state index contributed by atoms with van der Waals surface area (Å²) in [5.74, 6) is -0.200. The zero-order chi connectivity index (χ0) is 9.56. The Hall–Kier alpha value is -1.10. The molecule has 5 nitrogen and oxygen atoms in total. The molecule has 0 rings (SSSR count). The van der Waals surface area contributed by atoms with Crippen molar-refractivity contribution in [2.75, 3.05) is 13.7 Å². The van der Waals surface area contributed by atoms with Gasteiger partial charge in [-0.2, -0.15) is 0 Å². The summed E-state index contributed by atoms with van der Waals surface area (Å²) in [6.45, 7) is 1.20. The van der Waals surface area contributed by atoms with E-state index in [2.05, 4.69) is 10.1 Å². The molecule has 0 heterocycles. The third-order valence-electron chi connectivity index (χ3n) is 1.39. The average molecular weight is 175 g/mol. The maximum atomic E-state index is 10.8. The van der Waals surface area contributed by atoms with Gasteiger partial charge in [0, 0.05) is 6.61 Å². The van der Waals surface area contributed by atoms with Crippen LogP contribution in [0.2, 0.25) is 0 Å². The van der Waals surface area contributed by atoms with Crippen molar-refractivity contribution in [2.24, 2.45) is 0 Å². The molecule has 1 amide bonds. The van der Waals surface area contributed by atoms with Gasteiger partial charge in [-0.3, -0.25) is 4.79 Å². The van der Waals surface area contributed by atoms with Crippen molar-refractivity contribution in [3.63, 3.8) is 0 Å². The Morgan fingerprint density at radius 3 is 2.50 bits per heavy atom. The van der Waals surface area contributed by atoms with Gasteiger partial charge in [-0.1, -0.05) is 0 Å². The number of nitrogens with one attached hydrogen (secondary N) is 1. The normalized spacial score (nSPS) is 11.9. The van der Waals surface area contributed by atoms with Gasteiger partial charge in [-0.15, -0.1) is 0 Å². The van der Waals surface area contributed by atoms with Gasteiger partial charge in [0.05, 0.1) is 13.2 Å². The SMILES string of the molecule is COC(=O)NC(CCO)C(C)=O. The first-order valence-corrected chi connectivity index (χ1v) is 3.57. The second kappa shape index (κ2) is 5.54. The molecule has 12 heavy (non-hydrogen) atoms. The Morgan fingerprint density at radius 1 is 1.58 bits per heavy atom. The van der Waals surface area contributed by atoms with Crippen LogP contribution in [-0.4, -0.2) is 36.7 Å². The van der Waals surface area contributed by atoms with Crippen molar-refractivity contribution >= 4 is 11.9 Å². The molecule has 0 aromatic heterocycles. The molecule has 5 heteroatoms. The van der Waals surface area contributed by atoms with Crippen molar-refractivity contribution in [3.05, 3.63) is 0 Å². The molecule has 0 saturated heterocycles. The Kier molecular flexibility index (Phi) is 5.03. The molecule has 1 atom stereocenters. The smallest absolute Gasteiger partial charge is 0.407 e. The lowest BCUT2D eigenvalue weighted by Gasteiger charge is -2.12. The van der Waals surface area contributed by atoms with Crippen LogP contribution in [0.3, 0.4) is 0 Å². The van der Waals surface area contributed by atoms with Crippen LogP contribution in [0.15, 0.2) is 0 Å². The number of carbonyl (C=O) groups is 2. The van der Waals surface area contributed by atoms with Gasteiger partial charge in [-0.25, -0.2) is 4.79 Å². The number of rotatable bonds is 4. The molecule has 0 aliphatic carbocycles. The molecule has 0 aromatic carbocycles. The first-order valence-electron chi connectivity index (χ1n) is 3.57. The van der Waals surface area contributed by atoms with Crippen molar-refractivity contribution < 1.29 is 19.4 Å². The second-order valence-electron chi connectivity index (χ2n) is 2.31. The summed E-state index contributed by atoms with van der Waals surface area (Å²) in [4.78, 5) is 21.4. The lowest BCUT2D eigenvalue weighted by molar-refractivity contribution is -0.119. The van der Waals surface area contributed by atoms with Crippen LogP contribution in [0.1, 0.15) is 13.3 Å². The van der Waals surface area contributed by atoms with E-state index in [1.54, 1.807) is 0 Å². The highest BCUT2D eigenvalue weighted by molar-refractivity contribution is 5.85. The minimum absolute atomic E-state index is 0.145.